The number of hydrogen-bond acceptors (Lipinski definition) is 4. The normalized spacial score (nSPS) is 10.4. The van der Waals surface area contributed by atoms with Crippen molar-refractivity contribution in [2.24, 2.45) is 0 Å². The molecule has 0 amide bonds. The highest BCUT2D eigenvalue weighted by Crippen LogP contribution is 2.14. The molecule has 6 nitrogen and oxygen atoms in total. The lowest BCUT2D eigenvalue weighted by Crippen LogP contribution is -2.05. The van der Waals surface area contributed by atoms with Crippen LogP contribution >= 0.6 is 0 Å². The van der Waals surface area contributed by atoms with Crippen molar-refractivity contribution in [3.05, 3.63) is 41.0 Å². The van der Waals surface area contributed by atoms with Gasteiger partial charge in [-0.3, -0.25) is 0 Å². The van der Waals surface area contributed by atoms with Gasteiger partial charge in [-0.25, -0.2) is 14.4 Å². The Hall–Kier alpha value is -2.63. The van der Waals surface area contributed by atoms with Gasteiger partial charge >= 0.3 is 17.9 Å². The largest absolute Gasteiger partial charge is 0.478 e. The van der Waals surface area contributed by atoms with Gasteiger partial charge in [0.1, 0.15) is 0 Å². The van der Waals surface area contributed by atoms with E-state index < -0.39 is 17.9 Å². The van der Waals surface area contributed by atoms with Crippen LogP contribution in [-0.2, 0) is 9.53 Å². The Morgan fingerprint density at radius 2 is 1.89 bits per heavy atom. The number of ether oxygens (including phenoxy) is 1. The molecule has 100 valence electrons. The zero-order valence-electron chi connectivity index (χ0n) is 10.1. The summed E-state index contributed by atoms with van der Waals surface area (Å²) in [6.45, 7) is 1.86. The molecule has 1 rings (SSSR count). The molecule has 0 aromatic heterocycles. The van der Waals surface area contributed by atoms with Gasteiger partial charge in [-0.1, -0.05) is 6.07 Å². The number of esters is 1. The van der Waals surface area contributed by atoms with E-state index in [1.807, 2.05) is 0 Å². The summed E-state index contributed by atoms with van der Waals surface area (Å²) in [5.74, 6) is -3.09. The second-order valence-corrected chi connectivity index (χ2v) is 3.50. The molecule has 1 aromatic carbocycles. The molecule has 19 heavy (non-hydrogen) atoms. The van der Waals surface area contributed by atoms with Crippen LogP contribution < -0.4 is 0 Å². The van der Waals surface area contributed by atoms with Gasteiger partial charge in [-0.15, -0.1) is 0 Å². The van der Waals surface area contributed by atoms with Crippen LogP contribution in [0.5, 0.6) is 0 Å². The van der Waals surface area contributed by atoms with Crippen LogP contribution in [0.15, 0.2) is 24.3 Å². The molecule has 1 aromatic rings. The van der Waals surface area contributed by atoms with E-state index in [1.165, 1.54) is 18.2 Å². The average Bonchev–Trinajstić information content (AvgIpc) is 2.36. The summed E-state index contributed by atoms with van der Waals surface area (Å²) < 4.78 is 4.66. The van der Waals surface area contributed by atoms with Gasteiger partial charge in [0.25, 0.3) is 0 Å². The maximum Gasteiger partial charge on any atom is 0.336 e. The molecular formula is C13H12O6. The highest BCUT2D eigenvalue weighted by Gasteiger charge is 2.12. The first-order valence-electron chi connectivity index (χ1n) is 5.41. The lowest BCUT2D eigenvalue weighted by Gasteiger charge is -2.03. The van der Waals surface area contributed by atoms with E-state index in [2.05, 4.69) is 4.74 Å². The molecular weight excluding hydrogens is 252 g/mol. The van der Waals surface area contributed by atoms with Crippen molar-refractivity contribution in [2.75, 3.05) is 6.61 Å². The number of benzene rings is 1. The second kappa shape index (κ2) is 6.34. The van der Waals surface area contributed by atoms with Gasteiger partial charge < -0.3 is 14.9 Å². The number of carboxylic acid groups (broad SMARTS) is 2. The lowest BCUT2D eigenvalue weighted by atomic mass is 10.0. The van der Waals surface area contributed by atoms with E-state index in [0.717, 1.165) is 12.1 Å². The maximum atomic E-state index is 11.1. The Kier molecular flexibility index (Phi) is 4.82. The topological polar surface area (TPSA) is 101 Å². The standard InChI is InChI=1S/C13H12O6/c1-2-19-11(14)6-5-8-3-4-9(12(15)16)7-10(8)13(17)18/h3-7H,2H2,1H3,(H,15,16)(H,17,18). The van der Waals surface area contributed by atoms with Crippen molar-refractivity contribution < 1.29 is 29.3 Å². The van der Waals surface area contributed by atoms with Crippen LogP contribution in [0.4, 0.5) is 0 Å². The van der Waals surface area contributed by atoms with Gasteiger partial charge in [0.15, 0.2) is 0 Å². The minimum Gasteiger partial charge on any atom is -0.478 e. The summed E-state index contributed by atoms with van der Waals surface area (Å²) in [6.07, 6.45) is 2.36. The predicted molar refractivity (Wildman–Crippen MR) is 66.0 cm³/mol. The van der Waals surface area contributed by atoms with E-state index >= 15 is 0 Å². The number of carbonyl (C=O) groups is 3. The summed E-state index contributed by atoms with van der Waals surface area (Å²) in [6, 6.07) is 3.62. The van der Waals surface area contributed by atoms with Gasteiger partial charge in [-0.05, 0) is 30.7 Å². The molecule has 0 unspecified atom stereocenters. The fourth-order valence-electron chi connectivity index (χ4n) is 1.37. The molecule has 2 N–H and O–H groups in total. The lowest BCUT2D eigenvalue weighted by molar-refractivity contribution is -0.137. The number of carboxylic acids is 2. The van der Waals surface area contributed by atoms with Crippen molar-refractivity contribution in [3.8, 4) is 0 Å². The third-order valence-corrected chi connectivity index (χ3v) is 2.22. The Morgan fingerprint density at radius 1 is 1.21 bits per heavy atom. The van der Waals surface area contributed by atoms with E-state index in [0.29, 0.717) is 0 Å². The highest BCUT2D eigenvalue weighted by atomic mass is 16.5. The van der Waals surface area contributed by atoms with Crippen molar-refractivity contribution in [3.63, 3.8) is 0 Å². The average molecular weight is 264 g/mol. The molecule has 6 heteroatoms. The summed E-state index contributed by atoms with van der Waals surface area (Å²) in [7, 11) is 0. The maximum absolute atomic E-state index is 11.1. The highest BCUT2D eigenvalue weighted by molar-refractivity contribution is 5.98. The number of carbonyl (C=O) groups excluding carboxylic acids is 1. The molecule has 0 saturated heterocycles. The van der Waals surface area contributed by atoms with Gasteiger partial charge in [0.05, 0.1) is 17.7 Å². The van der Waals surface area contributed by atoms with E-state index in [-0.39, 0.29) is 23.3 Å². The van der Waals surface area contributed by atoms with Gasteiger partial charge in [-0.2, -0.15) is 0 Å². The first-order valence-corrected chi connectivity index (χ1v) is 5.41. The molecule has 0 heterocycles. The molecule has 0 radical (unpaired) electrons. The second-order valence-electron chi connectivity index (χ2n) is 3.50. The van der Waals surface area contributed by atoms with E-state index in [9.17, 15) is 14.4 Å². The summed E-state index contributed by atoms with van der Waals surface area (Å²) in [4.78, 5) is 32.9. The Labute approximate surface area is 108 Å². The van der Waals surface area contributed by atoms with Crippen LogP contribution in [0.25, 0.3) is 6.08 Å². The Balaban J connectivity index is 3.10. The van der Waals surface area contributed by atoms with Crippen molar-refractivity contribution in [1.82, 2.24) is 0 Å². The summed E-state index contributed by atoms with van der Waals surface area (Å²) in [5.41, 5.74) is -0.100. The fraction of sp³-hybridized carbons (Fsp3) is 0.154. The molecule has 0 atom stereocenters. The van der Waals surface area contributed by atoms with Crippen molar-refractivity contribution in [2.45, 2.75) is 6.92 Å². The Bertz CT molecular complexity index is 544. The quantitative estimate of drug-likeness (QED) is 0.619. The van der Waals surface area contributed by atoms with Crippen LogP contribution in [0.2, 0.25) is 0 Å². The third-order valence-electron chi connectivity index (χ3n) is 2.22. The molecule has 0 aliphatic rings. The van der Waals surface area contributed by atoms with Crippen LogP contribution in [0, 0.1) is 0 Å². The zero-order valence-corrected chi connectivity index (χ0v) is 10.1. The first-order chi connectivity index (χ1) is 8.95. The van der Waals surface area contributed by atoms with Crippen LogP contribution in [-0.4, -0.2) is 34.7 Å². The van der Waals surface area contributed by atoms with E-state index in [4.69, 9.17) is 10.2 Å². The molecule has 0 spiro atoms. The Morgan fingerprint density at radius 3 is 2.42 bits per heavy atom. The van der Waals surface area contributed by atoms with Crippen LogP contribution in [0.3, 0.4) is 0 Å². The monoisotopic (exact) mass is 264 g/mol. The first kappa shape index (κ1) is 14.4. The SMILES string of the molecule is CCOC(=O)C=Cc1ccc(C(=O)O)cc1C(=O)O. The smallest absolute Gasteiger partial charge is 0.336 e. The zero-order chi connectivity index (χ0) is 14.4. The molecule has 0 bridgehead atoms. The minimum absolute atomic E-state index is 0.134. The van der Waals surface area contributed by atoms with Crippen LogP contribution in [0.1, 0.15) is 33.2 Å². The number of hydrogen-bond donors (Lipinski definition) is 2. The minimum atomic E-state index is -1.27. The number of rotatable bonds is 5. The van der Waals surface area contributed by atoms with Crippen molar-refractivity contribution in [1.29, 1.82) is 0 Å². The third kappa shape index (κ3) is 3.95. The van der Waals surface area contributed by atoms with Crippen molar-refractivity contribution >= 4 is 24.0 Å². The molecule has 0 saturated carbocycles. The predicted octanol–water partition coefficient (Wildman–Crippen LogP) is 1.66. The number of aromatic carboxylic acids is 2. The fourth-order valence-corrected chi connectivity index (χ4v) is 1.37. The van der Waals surface area contributed by atoms with Gasteiger partial charge in [0, 0.05) is 6.08 Å². The molecule has 0 aliphatic carbocycles. The summed E-state index contributed by atoms with van der Waals surface area (Å²) >= 11 is 0. The van der Waals surface area contributed by atoms with E-state index in [1.54, 1.807) is 6.92 Å². The molecule has 0 aliphatic heterocycles. The van der Waals surface area contributed by atoms with Gasteiger partial charge in [0.2, 0.25) is 0 Å². The summed E-state index contributed by atoms with van der Waals surface area (Å²) in [5, 5.41) is 17.8. The molecule has 0 fully saturated rings.